The predicted octanol–water partition coefficient (Wildman–Crippen LogP) is 3.58. The van der Waals surface area contributed by atoms with Crippen LogP contribution in [0.4, 0.5) is 4.39 Å². The van der Waals surface area contributed by atoms with Crippen LogP contribution < -0.4 is 0 Å². The van der Waals surface area contributed by atoms with Crippen LogP contribution in [0.25, 0.3) is 6.08 Å². The maximum absolute atomic E-state index is 13.3. The van der Waals surface area contributed by atoms with E-state index in [1.807, 2.05) is 0 Å². The third-order valence-corrected chi connectivity index (χ3v) is 2.86. The summed E-state index contributed by atoms with van der Waals surface area (Å²) in [5.74, 6) is -0.0127. The summed E-state index contributed by atoms with van der Waals surface area (Å²) < 4.78 is 14.0. The average molecular weight is 269 g/mol. The van der Waals surface area contributed by atoms with E-state index in [1.54, 1.807) is 18.2 Å². The molecule has 3 heteroatoms. The summed E-state index contributed by atoms with van der Waals surface area (Å²) >= 11 is 3.18. The van der Waals surface area contributed by atoms with Crippen molar-refractivity contribution in [3.63, 3.8) is 0 Å². The third-order valence-electron chi connectivity index (χ3n) is 2.37. The highest BCUT2D eigenvalue weighted by molar-refractivity contribution is 9.10. The monoisotopic (exact) mass is 268 g/mol. The first-order valence-electron chi connectivity index (χ1n) is 4.84. The molecule has 1 aromatic carbocycles. The normalized spacial score (nSPS) is 15.9. The number of hydrogen-bond acceptors (Lipinski definition) is 1. The SMILES string of the molecule is O=C(/C=C/c1ccc(Br)cc1F)C1CC1. The van der Waals surface area contributed by atoms with E-state index in [4.69, 9.17) is 0 Å². The van der Waals surface area contributed by atoms with Crippen molar-refractivity contribution in [2.45, 2.75) is 12.8 Å². The third kappa shape index (κ3) is 2.75. The summed E-state index contributed by atoms with van der Waals surface area (Å²) in [7, 11) is 0. The van der Waals surface area contributed by atoms with Crippen molar-refractivity contribution in [3.8, 4) is 0 Å². The number of rotatable bonds is 3. The topological polar surface area (TPSA) is 17.1 Å². The van der Waals surface area contributed by atoms with Gasteiger partial charge in [-0.05, 0) is 37.1 Å². The fourth-order valence-electron chi connectivity index (χ4n) is 1.31. The van der Waals surface area contributed by atoms with E-state index in [0.29, 0.717) is 10.0 Å². The van der Waals surface area contributed by atoms with Crippen molar-refractivity contribution in [1.29, 1.82) is 0 Å². The summed E-state index contributed by atoms with van der Waals surface area (Å²) in [6.07, 6.45) is 4.98. The van der Waals surface area contributed by atoms with Crippen LogP contribution in [-0.2, 0) is 4.79 Å². The molecular weight excluding hydrogens is 259 g/mol. The van der Waals surface area contributed by atoms with Crippen molar-refractivity contribution in [3.05, 3.63) is 40.1 Å². The molecule has 0 aromatic heterocycles. The van der Waals surface area contributed by atoms with Gasteiger partial charge in [0.05, 0.1) is 0 Å². The van der Waals surface area contributed by atoms with Crippen molar-refractivity contribution in [1.82, 2.24) is 0 Å². The Kier molecular flexibility index (Phi) is 3.00. The summed E-state index contributed by atoms with van der Waals surface area (Å²) in [4.78, 5) is 11.3. The molecule has 1 fully saturated rings. The molecule has 78 valence electrons. The Bertz CT molecular complexity index is 422. The van der Waals surface area contributed by atoms with E-state index in [2.05, 4.69) is 15.9 Å². The molecule has 0 spiro atoms. The molecule has 0 aliphatic heterocycles. The van der Waals surface area contributed by atoms with Gasteiger partial charge in [-0.15, -0.1) is 0 Å². The Balaban J connectivity index is 2.12. The van der Waals surface area contributed by atoms with Crippen LogP contribution in [0.15, 0.2) is 28.7 Å². The lowest BCUT2D eigenvalue weighted by Gasteiger charge is -1.97. The summed E-state index contributed by atoms with van der Waals surface area (Å²) in [5, 5.41) is 0. The molecule has 0 atom stereocenters. The van der Waals surface area contributed by atoms with Crippen molar-refractivity contribution in [2.24, 2.45) is 5.92 Å². The standard InChI is InChI=1S/C12H10BrFO/c13-10-5-3-8(11(14)7-10)4-6-12(15)9-1-2-9/h3-7,9H,1-2H2/b6-4+. The molecule has 1 saturated carbocycles. The molecule has 0 amide bonds. The molecule has 2 rings (SSSR count). The quantitative estimate of drug-likeness (QED) is 0.766. The first-order valence-corrected chi connectivity index (χ1v) is 5.63. The lowest BCUT2D eigenvalue weighted by atomic mass is 10.1. The van der Waals surface area contributed by atoms with Gasteiger partial charge in [0.1, 0.15) is 5.82 Å². The zero-order valence-electron chi connectivity index (χ0n) is 8.04. The van der Waals surface area contributed by atoms with Crippen LogP contribution in [0, 0.1) is 11.7 Å². The predicted molar refractivity (Wildman–Crippen MR) is 60.9 cm³/mol. The van der Waals surface area contributed by atoms with Crippen molar-refractivity contribution in [2.75, 3.05) is 0 Å². The maximum atomic E-state index is 13.3. The summed E-state index contributed by atoms with van der Waals surface area (Å²) in [6, 6.07) is 4.79. The number of halogens is 2. The second-order valence-corrected chi connectivity index (χ2v) is 4.59. The Morgan fingerprint density at radius 2 is 2.20 bits per heavy atom. The molecule has 0 unspecified atom stereocenters. The highest BCUT2D eigenvalue weighted by Crippen LogP contribution is 2.30. The second kappa shape index (κ2) is 4.27. The van der Waals surface area contributed by atoms with Gasteiger partial charge in [0.15, 0.2) is 5.78 Å². The first-order chi connectivity index (χ1) is 7.16. The molecule has 1 aliphatic rings. The van der Waals surface area contributed by atoms with Gasteiger partial charge in [-0.1, -0.05) is 22.0 Å². The molecule has 0 radical (unpaired) electrons. The van der Waals surface area contributed by atoms with Crippen LogP contribution in [0.2, 0.25) is 0 Å². The number of carbonyl (C=O) groups excluding carboxylic acids is 1. The van der Waals surface area contributed by atoms with Crippen molar-refractivity contribution < 1.29 is 9.18 Å². The molecule has 0 N–H and O–H groups in total. The second-order valence-electron chi connectivity index (χ2n) is 3.68. The van der Waals surface area contributed by atoms with Gasteiger partial charge in [0, 0.05) is 16.0 Å². The Hall–Kier alpha value is -0.960. The van der Waals surface area contributed by atoms with Crippen molar-refractivity contribution >= 4 is 27.8 Å². The smallest absolute Gasteiger partial charge is 0.158 e. The number of hydrogen-bond donors (Lipinski definition) is 0. The van der Waals surface area contributed by atoms with Gasteiger partial charge in [-0.2, -0.15) is 0 Å². The van der Waals surface area contributed by atoms with Gasteiger partial charge in [-0.3, -0.25) is 4.79 Å². The Morgan fingerprint density at radius 3 is 2.80 bits per heavy atom. The van der Waals surface area contributed by atoms with Gasteiger partial charge in [-0.25, -0.2) is 4.39 Å². The van der Waals surface area contributed by atoms with E-state index < -0.39 is 0 Å². The molecular formula is C12H10BrFO. The van der Waals surface area contributed by atoms with Gasteiger partial charge in [0.25, 0.3) is 0 Å². The van der Waals surface area contributed by atoms with Crippen LogP contribution in [0.1, 0.15) is 18.4 Å². The van der Waals surface area contributed by atoms with Gasteiger partial charge < -0.3 is 0 Å². The number of carbonyl (C=O) groups is 1. The molecule has 0 saturated heterocycles. The Morgan fingerprint density at radius 1 is 1.47 bits per heavy atom. The molecule has 1 aliphatic carbocycles. The fraction of sp³-hybridized carbons (Fsp3) is 0.250. The van der Waals surface area contributed by atoms with E-state index >= 15 is 0 Å². The minimum atomic E-state index is -0.316. The lowest BCUT2D eigenvalue weighted by Crippen LogP contribution is -1.93. The van der Waals surface area contributed by atoms with Crippen LogP contribution >= 0.6 is 15.9 Å². The summed E-state index contributed by atoms with van der Waals surface area (Å²) in [6.45, 7) is 0. The molecule has 15 heavy (non-hydrogen) atoms. The zero-order valence-corrected chi connectivity index (χ0v) is 9.63. The van der Waals surface area contributed by atoms with Crippen LogP contribution in [0.5, 0.6) is 0 Å². The van der Waals surface area contributed by atoms with Crippen LogP contribution in [0.3, 0.4) is 0 Å². The molecule has 0 bridgehead atoms. The number of allylic oxidation sites excluding steroid dienone is 1. The highest BCUT2D eigenvalue weighted by atomic mass is 79.9. The average Bonchev–Trinajstić information content (AvgIpc) is 2.99. The van der Waals surface area contributed by atoms with E-state index in [9.17, 15) is 9.18 Å². The first kappa shape index (κ1) is 10.6. The van der Waals surface area contributed by atoms with E-state index in [-0.39, 0.29) is 17.5 Å². The number of benzene rings is 1. The maximum Gasteiger partial charge on any atom is 0.158 e. The fourth-order valence-corrected chi connectivity index (χ4v) is 1.65. The zero-order chi connectivity index (χ0) is 10.8. The highest BCUT2D eigenvalue weighted by Gasteiger charge is 2.27. The molecule has 1 aromatic rings. The molecule has 1 nitrogen and oxygen atoms in total. The lowest BCUT2D eigenvalue weighted by molar-refractivity contribution is -0.115. The van der Waals surface area contributed by atoms with E-state index in [0.717, 1.165) is 12.8 Å². The van der Waals surface area contributed by atoms with E-state index in [1.165, 1.54) is 12.1 Å². The number of ketones is 1. The minimum Gasteiger partial charge on any atom is -0.295 e. The van der Waals surface area contributed by atoms with Gasteiger partial charge >= 0.3 is 0 Å². The minimum absolute atomic E-state index is 0.109. The van der Waals surface area contributed by atoms with Gasteiger partial charge in [0.2, 0.25) is 0 Å². The Labute approximate surface area is 96.1 Å². The molecule has 0 heterocycles. The summed E-state index contributed by atoms with van der Waals surface area (Å²) in [5.41, 5.74) is 0.451. The van der Waals surface area contributed by atoms with Crippen LogP contribution in [-0.4, -0.2) is 5.78 Å². The largest absolute Gasteiger partial charge is 0.295 e.